The molecule has 0 aliphatic rings. The second kappa shape index (κ2) is 9.89. The minimum atomic E-state index is -0.314. The van der Waals surface area contributed by atoms with Crippen molar-refractivity contribution in [2.75, 3.05) is 19.5 Å². The molecule has 0 bridgehead atoms. The Morgan fingerprint density at radius 1 is 1.00 bits per heavy atom. The highest BCUT2D eigenvalue weighted by Gasteiger charge is 2.12. The monoisotopic (exact) mass is 390 g/mol. The zero-order chi connectivity index (χ0) is 20.5. The number of para-hydroxylation sites is 2. The van der Waals surface area contributed by atoms with Crippen LogP contribution < -0.4 is 20.1 Å². The molecule has 3 rings (SSSR count). The van der Waals surface area contributed by atoms with Gasteiger partial charge in [0.1, 0.15) is 11.5 Å². The molecule has 0 saturated carbocycles. The van der Waals surface area contributed by atoms with Crippen molar-refractivity contribution < 1.29 is 14.3 Å². The summed E-state index contributed by atoms with van der Waals surface area (Å²) in [5.74, 6) is 1.20. The molecule has 0 spiro atoms. The normalized spacial score (nSPS) is 10.9. The van der Waals surface area contributed by atoms with E-state index in [4.69, 9.17) is 9.47 Å². The van der Waals surface area contributed by atoms with Crippen LogP contribution in [0.1, 0.15) is 16.1 Å². The van der Waals surface area contributed by atoms with Crippen molar-refractivity contribution in [2.45, 2.75) is 6.54 Å². The SMILES string of the molecule is COc1cccc(C(=O)NC(=NCc2ccccn2)Nc2ccccc2OC)c1. The quantitative estimate of drug-likeness (QED) is 0.497. The summed E-state index contributed by atoms with van der Waals surface area (Å²) >= 11 is 0. The molecule has 1 amide bonds. The fraction of sp³-hybridized carbons (Fsp3) is 0.136. The molecule has 2 N–H and O–H groups in total. The number of nitrogens with zero attached hydrogens (tertiary/aromatic N) is 2. The van der Waals surface area contributed by atoms with Gasteiger partial charge in [0.05, 0.1) is 32.1 Å². The fourth-order valence-electron chi connectivity index (χ4n) is 2.58. The van der Waals surface area contributed by atoms with Gasteiger partial charge in [-0.25, -0.2) is 4.99 Å². The maximum Gasteiger partial charge on any atom is 0.258 e. The van der Waals surface area contributed by atoms with Crippen molar-refractivity contribution in [2.24, 2.45) is 4.99 Å². The van der Waals surface area contributed by atoms with Crippen LogP contribution >= 0.6 is 0 Å². The van der Waals surface area contributed by atoms with Crippen LogP contribution in [0.3, 0.4) is 0 Å². The summed E-state index contributed by atoms with van der Waals surface area (Å²) in [5, 5.41) is 5.95. The topological polar surface area (TPSA) is 84.8 Å². The lowest BCUT2D eigenvalue weighted by atomic mass is 10.2. The van der Waals surface area contributed by atoms with Gasteiger partial charge in [0.25, 0.3) is 5.91 Å². The highest BCUT2D eigenvalue weighted by atomic mass is 16.5. The Balaban J connectivity index is 1.84. The second-order valence-corrected chi connectivity index (χ2v) is 6.00. The van der Waals surface area contributed by atoms with E-state index in [1.807, 2.05) is 42.5 Å². The van der Waals surface area contributed by atoms with E-state index in [9.17, 15) is 4.79 Å². The molecule has 0 aliphatic carbocycles. The molecule has 7 nitrogen and oxygen atoms in total. The molecule has 2 aromatic carbocycles. The molecule has 0 radical (unpaired) electrons. The van der Waals surface area contributed by atoms with Crippen molar-refractivity contribution >= 4 is 17.6 Å². The van der Waals surface area contributed by atoms with E-state index in [-0.39, 0.29) is 11.9 Å². The first-order valence-corrected chi connectivity index (χ1v) is 8.99. The third-order valence-corrected chi connectivity index (χ3v) is 4.05. The average molecular weight is 390 g/mol. The number of amides is 1. The van der Waals surface area contributed by atoms with Gasteiger partial charge in [-0.2, -0.15) is 0 Å². The maximum atomic E-state index is 12.7. The summed E-state index contributed by atoms with van der Waals surface area (Å²) < 4.78 is 10.6. The highest BCUT2D eigenvalue weighted by Crippen LogP contribution is 2.23. The van der Waals surface area contributed by atoms with Gasteiger partial charge in [-0.15, -0.1) is 0 Å². The first kappa shape index (κ1) is 19.9. The molecular weight excluding hydrogens is 368 g/mol. The van der Waals surface area contributed by atoms with Gasteiger partial charge in [0.15, 0.2) is 0 Å². The molecular formula is C22H22N4O3. The molecule has 29 heavy (non-hydrogen) atoms. The largest absolute Gasteiger partial charge is 0.497 e. The van der Waals surface area contributed by atoms with Gasteiger partial charge < -0.3 is 14.8 Å². The zero-order valence-electron chi connectivity index (χ0n) is 16.3. The molecule has 0 aliphatic heterocycles. The van der Waals surface area contributed by atoms with E-state index in [0.29, 0.717) is 29.3 Å². The molecule has 7 heteroatoms. The number of benzene rings is 2. The summed E-state index contributed by atoms with van der Waals surface area (Å²) in [6, 6.07) is 19.9. The maximum absolute atomic E-state index is 12.7. The summed E-state index contributed by atoms with van der Waals surface area (Å²) in [7, 11) is 3.14. The molecule has 0 saturated heterocycles. The van der Waals surface area contributed by atoms with Gasteiger partial charge in [-0.1, -0.05) is 24.3 Å². The number of hydrogen-bond acceptors (Lipinski definition) is 5. The number of nitrogens with one attached hydrogen (secondary N) is 2. The second-order valence-electron chi connectivity index (χ2n) is 6.00. The molecule has 0 fully saturated rings. The molecule has 3 aromatic rings. The summed E-state index contributed by atoms with van der Waals surface area (Å²) in [5.41, 5.74) is 1.92. The van der Waals surface area contributed by atoms with Crippen LogP contribution in [-0.2, 0) is 6.54 Å². The molecule has 148 valence electrons. The third kappa shape index (κ3) is 5.55. The molecule has 0 unspecified atom stereocenters. The standard InChI is InChI=1S/C22H22N4O3/c1-28-18-10-7-8-16(14-18)21(27)26-22(24-15-17-9-5-6-13-23-17)25-19-11-3-4-12-20(19)29-2/h3-14H,15H2,1-2H3,(H2,24,25,26,27). The van der Waals surface area contributed by atoms with Crippen molar-refractivity contribution in [1.29, 1.82) is 0 Å². The van der Waals surface area contributed by atoms with Crippen molar-refractivity contribution in [1.82, 2.24) is 10.3 Å². The Kier molecular flexibility index (Phi) is 6.78. The third-order valence-electron chi connectivity index (χ3n) is 4.05. The van der Waals surface area contributed by atoms with Crippen LogP contribution in [0.5, 0.6) is 11.5 Å². The number of carbonyl (C=O) groups is 1. The Morgan fingerprint density at radius 2 is 1.83 bits per heavy atom. The van der Waals surface area contributed by atoms with E-state index in [0.717, 1.165) is 5.69 Å². The van der Waals surface area contributed by atoms with Crippen LogP contribution in [0.15, 0.2) is 77.9 Å². The van der Waals surface area contributed by atoms with E-state index in [1.165, 1.54) is 0 Å². The minimum absolute atomic E-state index is 0.285. The minimum Gasteiger partial charge on any atom is -0.497 e. The number of hydrogen-bond donors (Lipinski definition) is 2. The summed E-state index contributed by atoms with van der Waals surface area (Å²) in [6.45, 7) is 0.302. The molecule has 1 heterocycles. The average Bonchev–Trinajstić information content (AvgIpc) is 2.78. The number of methoxy groups -OCH3 is 2. The van der Waals surface area contributed by atoms with Crippen molar-refractivity contribution in [3.63, 3.8) is 0 Å². The van der Waals surface area contributed by atoms with E-state index in [2.05, 4.69) is 20.6 Å². The number of aliphatic imine (C=N–C) groups is 1. The zero-order valence-corrected chi connectivity index (χ0v) is 16.3. The van der Waals surface area contributed by atoms with Crippen molar-refractivity contribution in [3.8, 4) is 11.5 Å². The Morgan fingerprint density at radius 3 is 2.59 bits per heavy atom. The number of rotatable bonds is 6. The number of carbonyl (C=O) groups excluding carboxylic acids is 1. The molecule has 0 atom stereocenters. The number of guanidine groups is 1. The molecule has 1 aromatic heterocycles. The van der Waals surface area contributed by atoms with Gasteiger partial charge in [-0.05, 0) is 42.5 Å². The van der Waals surface area contributed by atoms with Crippen LogP contribution in [0.25, 0.3) is 0 Å². The number of anilines is 1. The number of aromatic nitrogens is 1. The van der Waals surface area contributed by atoms with Crippen LogP contribution in [0.4, 0.5) is 5.69 Å². The van der Waals surface area contributed by atoms with Gasteiger partial charge in [-0.3, -0.25) is 15.1 Å². The van der Waals surface area contributed by atoms with Gasteiger partial charge in [0, 0.05) is 11.8 Å². The fourth-order valence-corrected chi connectivity index (χ4v) is 2.58. The predicted molar refractivity (Wildman–Crippen MR) is 112 cm³/mol. The first-order chi connectivity index (χ1) is 14.2. The Labute approximate surface area is 169 Å². The smallest absolute Gasteiger partial charge is 0.258 e. The summed E-state index contributed by atoms with van der Waals surface area (Å²) in [6.07, 6.45) is 1.70. The van der Waals surface area contributed by atoms with Crippen LogP contribution in [0, 0.1) is 0 Å². The first-order valence-electron chi connectivity index (χ1n) is 8.99. The predicted octanol–water partition coefficient (Wildman–Crippen LogP) is 3.50. The van der Waals surface area contributed by atoms with E-state index in [1.54, 1.807) is 44.7 Å². The van der Waals surface area contributed by atoms with Gasteiger partial charge in [0.2, 0.25) is 5.96 Å². The number of ether oxygens (including phenoxy) is 2. The van der Waals surface area contributed by atoms with E-state index < -0.39 is 0 Å². The lowest BCUT2D eigenvalue weighted by Gasteiger charge is -2.14. The highest BCUT2D eigenvalue weighted by molar-refractivity contribution is 6.10. The Hall–Kier alpha value is -3.87. The lowest BCUT2D eigenvalue weighted by molar-refractivity contribution is 0.0976. The number of pyridine rings is 1. The Bertz CT molecular complexity index is 990. The lowest BCUT2D eigenvalue weighted by Crippen LogP contribution is -2.36. The summed E-state index contributed by atoms with van der Waals surface area (Å²) in [4.78, 5) is 21.5. The van der Waals surface area contributed by atoms with Crippen LogP contribution in [0.2, 0.25) is 0 Å². The van der Waals surface area contributed by atoms with Gasteiger partial charge >= 0.3 is 0 Å². The van der Waals surface area contributed by atoms with E-state index >= 15 is 0 Å². The van der Waals surface area contributed by atoms with Crippen LogP contribution in [-0.4, -0.2) is 31.1 Å². The van der Waals surface area contributed by atoms with Crippen molar-refractivity contribution in [3.05, 3.63) is 84.2 Å².